The Labute approximate surface area is 116 Å². The van der Waals surface area contributed by atoms with E-state index in [0.717, 1.165) is 6.07 Å². The monoisotopic (exact) mass is 280 g/mol. The number of hydrogen-bond acceptors (Lipinski definition) is 2. The minimum Gasteiger partial charge on any atom is -0.478 e. The fourth-order valence-electron chi connectivity index (χ4n) is 1.68. The summed E-state index contributed by atoms with van der Waals surface area (Å²) < 4.78 is 13.7. The van der Waals surface area contributed by atoms with Crippen LogP contribution in [0.15, 0.2) is 30.9 Å². The molecule has 0 saturated carbocycles. The molecule has 0 atom stereocenters. The molecule has 0 saturated heterocycles. The summed E-state index contributed by atoms with van der Waals surface area (Å²) >= 11 is 0. The van der Waals surface area contributed by atoms with E-state index in [2.05, 4.69) is 11.9 Å². The van der Waals surface area contributed by atoms with Gasteiger partial charge in [-0.05, 0) is 26.0 Å². The summed E-state index contributed by atoms with van der Waals surface area (Å²) in [5, 5.41) is 11.3. The molecule has 20 heavy (non-hydrogen) atoms. The van der Waals surface area contributed by atoms with Gasteiger partial charge in [-0.2, -0.15) is 0 Å². The molecule has 0 spiro atoms. The highest BCUT2D eigenvalue weighted by Gasteiger charge is 2.20. The summed E-state index contributed by atoms with van der Waals surface area (Å²) in [6.45, 7) is 7.41. The van der Waals surface area contributed by atoms with Gasteiger partial charge in [0.1, 0.15) is 5.82 Å². The standard InChI is InChI=1S/C14H17FN2O3/c1-4-8-17(9(2)3)14(20)16-12-10(13(18)19)6-5-7-11(12)15/h4-7,9H,1,8H2,2-3H3,(H,16,20)(H,18,19). The van der Waals surface area contributed by atoms with Crippen molar-refractivity contribution in [1.82, 2.24) is 4.90 Å². The van der Waals surface area contributed by atoms with Crippen molar-refractivity contribution < 1.29 is 19.1 Å². The smallest absolute Gasteiger partial charge is 0.337 e. The molecular formula is C14H17FN2O3. The zero-order valence-corrected chi connectivity index (χ0v) is 11.4. The highest BCUT2D eigenvalue weighted by Crippen LogP contribution is 2.20. The fourth-order valence-corrected chi connectivity index (χ4v) is 1.68. The van der Waals surface area contributed by atoms with Gasteiger partial charge in [0, 0.05) is 12.6 Å². The van der Waals surface area contributed by atoms with Gasteiger partial charge in [0.15, 0.2) is 0 Å². The third-order valence-corrected chi connectivity index (χ3v) is 2.69. The van der Waals surface area contributed by atoms with Crippen molar-refractivity contribution in [2.24, 2.45) is 0 Å². The summed E-state index contributed by atoms with van der Waals surface area (Å²) in [6, 6.07) is 2.89. The third-order valence-electron chi connectivity index (χ3n) is 2.69. The Morgan fingerprint density at radius 3 is 2.65 bits per heavy atom. The van der Waals surface area contributed by atoms with Crippen molar-refractivity contribution in [2.45, 2.75) is 19.9 Å². The second-order valence-electron chi connectivity index (χ2n) is 4.43. The molecule has 0 bridgehead atoms. The van der Waals surface area contributed by atoms with Crippen molar-refractivity contribution >= 4 is 17.7 Å². The SMILES string of the molecule is C=CCN(C(=O)Nc1c(F)cccc1C(=O)O)C(C)C. The van der Waals surface area contributed by atoms with Crippen molar-refractivity contribution in [3.8, 4) is 0 Å². The first-order chi connectivity index (χ1) is 9.38. The molecule has 0 unspecified atom stereocenters. The largest absolute Gasteiger partial charge is 0.478 e. The predicted octanol–water partition coefficient (Wildman–Crippen LogP) is 2.95. The molecule has 0 fully saturated rings. The van der Waals surface area contributed by atoms with Gasteiger partial charge >= 0.3 is 12.0 Å². The summed E-state index contributed by atoms with van der Waals surface area (Å²) in [6.07, 6.45) is 1.54. The molecule has 0 aliphatic carbocycles. The highest BCUT2D eigenvalue weighted by molar-refractivity contribution is 6.00. The first-order valence-electron chi connectivity index (χ1n) is 6.08. The van der Waals surface area contributed by atoms with Gasteiger partial charge in [-0.3, -0.25) is 0 Å². The molecule has 1 aromatic rings. The number of amides is 2. The van der Waals surface area contributed by atoms with E-state index in [1.807, 2.05) is 0 Å². The Hall–Kier alpha value is -2.37. The lowest BCUT2D eigenvalue weighted by molar-refractivity contribution is 0.0697. The number of nitrogens with one attached hydrogen (secondary N) is 1. The summed E-state index contributed by atoms with van der Waals surface area (Å²) in [5.74, 6) is -2.10. The Balaban J connectivity index is 3.06. The van der Waals surface area contributed by atoms with Gasteiger partial charge in [-0.15, -0.1) is 6.58 Å². The number of carbonyl (C=O) groups excluding carboxylic acids is 1. The summed E-state index contributed by atoms with van der Waals surface area (Å²) in [5.41, 5.74) is -0.625. The number of rotatable bonds is 5. The van der Waals surface area contributed by atoms with Crippen molar-refractivity contribution in [3.63, 3.8) is 0 Å². The number of hydrogen-bond donors (Lipinski definition) is 2. The van der Waals surface area contributed by atoms with E-state index in [1.165, 1.54) is 17.0 Å². The van der Waals surface area contributed by atoms with Crippen LogP contribution >= 0.6 is 0 Å². The number of carboxylic acid groups (broad SMARTS) is 1. The fraction of sp³-hybridized carbons (Fsp3) is 0.286. The molecule has 0 heterocycles. The number of urea groups is 1. The molecule has 5 nitrogen and oxygen atoms in total. The van der Waals surface area contributed by atoms with Crippen molar-refractivity contribution in [3.05, 3.63) is 42.2 Å². The van der Waals surface area contributed by atoms with Gasteiger partial charge in [-0.25, -0.2) is 14.0 Å². The minimum atomic E-state index is -1.31. The number of carbonyl (C=O) groups is 2. The van der Waals surface area contributed by atoms with Crippen molar-refractivity contribution in [1.29, 1.82) is 0 Å². The zero-order valence-electron chi connectivity index (χ0n) is 11.4. The maximum absolute atomic E-state index is 13.7. The first-order valence-corrected chi connectivity index (χ1v) is 6.08. The molecule has 1 rings (SSSR count). The predicted molar refractivity (Wildman–Crippen MR) is 74.4 cm³/mol. The van der Waals surface area contributed by atoms with Gasteiger partial charge < -0.3 is 15.3 Å². The van der Waals surface area contributed by atoms with E-state index >= 15 is 0 Å². The lowest BCUT2D eigenvalue weighted by atomic mass is 10.1. The highest BCUT2D eigenvalue weighted by atomic mass is 19.1. The lowest BCUT2D eigenvalue weighted by Crippen LogP contribution is -2.40. The number of aromatic carboxylic acids is 1. The van der Waals surface area contributed by atoms with Gasteiger partial charge in [0.25, 0.3) is 0 Å². The maximum Gasteiger partial charge on any atom is 0.337 e. The van der Waals surface area contributed by atoms with Gasteiger partial charge in [0.2, 0.25) is 0 Å². The third kappa shape index (κ3) is 3.57. The molecule has 0 aliphatic rings. The normalized spacial score (nSPS) is 10.2. The average Bonchev–Trinajstić information content (AvgIpc) is 2.37. The summed E-state index contributed by atoms with van der Waals surface area (Å²) in [4.78, 5) is 24.5. The van der Waals surface area contributed by atoms with Crippen LogP contribution in [0.1, 0.15) is 24.2 Å². The van der Waals surface area contributed by atoms with Crippen LogP contribution in [0.5, 0.6) is 0 Å². The van der Waals surface area contributed by atoms with E-state index in [4.69, 9.17) is 5.11 Å². The number of carboxylic acids is 1. The van der Waals surface area contributed by atoms with E-state index in [1.54, 1.807) is 19.9 Å². The Morgan fingerprint density at radius 2 is 2.15 bits per heavy atom. The maximum atomic E-state index is 13.7. The zero-order chi connectivity index (χ0) is 15.3. The Kier molecular flexibility index (Phi) is 5.25. The second-order valence-corrected chi connectivity index (χ2v) is 4.43. The number of halogens is 1. The summed E-state index contributed by atoms with van der Waals surface area (Å²) in [7, 11) is 0. The molecule has 2 amide bonds. The van der Waals surface area contributed by atoms with E-state index < -0.39 is 17.8 Å². The molecule has 0 radical (unpaired) electrons. The lowest BCUT2D eigenvalue weighted by Gasteiger charge is -2.26. The first kappa shape index (κ1) is 15.7. The molecular weight excluding hydrogens is 263 g/mol. The second kappa shape index (κ2) is 6.70. The van der Waals surface area contributed by atoms with Crippen LogP contribution in [-0.2, 0) is 0 Å². The van der Waals surface area contributed by atoms with Crippen LogP contribution in [0.4, 0.5) is 14.9 Å². The van der Waals surface area contributed by atoms with Crippen LogP contribution in [0, 0.1) is 5.82 Å². The molecule has 108 valence electrons. The van der Waals surface area contributed by atoms with E-state index in [-0.39, 0.29) is 23.8 Å². The Bertz CT molecular complexity index is 529. The number of para-hydroxylation sites is 1. The number of nitrogens with zero attached hydrogens (tertiary/aromatic N) is 1. The van der Waals surface area contributed by atoms with E-state index in [9.17, 15) is 14.0 Å². The molecule has 6 heteroatoms. The average molecular weight is 280 g/mol. The number of benzene rings is 1. The Morgan fingerprint density at radius 1 is 1.50 bits per heavy atom. The molecule has 0 aliphatic heterocycles. The minimum absolute atomic E-state index is 0.131. The van der Waals surface area contributed by atoms with Crippen molar-refractivity contribution in [2.75, 3.05) is 11.9 Å². The van der Waals surface area contributed by atoms with Crippen LogP contribution < -0.4 is 5.32 Å². The van der Waals surface area contributed by atoms with E-state index in [0.29, 0.717) is 0 Å². The van der Waals surface area contributed by atoms with Crippen LogP contribution in [0.25, 0.3) is 0 Å². The quantitative estimate of drug-likeness (QED) is 0.815. The van der Waals surface area contributed by atoms with Gasteiger partial charge in [0.05, 0.1) is 11.3 Å². The topological polar surface area (TPSA) is 69.6 Å². The van der Waals surface area contributed by atoms with Gasteiger partial charge in [-0.1, -0.05) is 12.1 Å². The van der Waals surface area contributed by atoms with Crippen LogP contribution in [0.3, 0.4) is 0 Å². The molecule has 1 aromatic carbocycles. The van der Waals surface area contributed by atoms with Crippen LogP contribution in [0.2, 0.25) is 0 Å². The number of anilines is 1. The molecule has 0 aromatic heterocycles. The molecule has 2 N–H and O–H groups in total. The van der Waals surface area contributed by atoms with Crippen LogP contribution in [-0.4, -0.2) is 34.6 Å².